The van der Waals surface area contributed by atoms with E-state index in [0.29, 0.717) is 21.7 Å². The molecule has 1 amide bonds. The third kappa shape index (κ3) is 5.22. The lowest BCUT2D eigenvalue weighted by Crippen LogP contribution is -2.21. The summed E-state index contributed by atoms with van der Waals surface area (Å²) in [5.74, 6) is 0.569. The first-order valence-electron chi connectivity index (χ1n) is 9.75. The summed E-state index contributed by atoms with van der Waals surface area (Å²) in [5, 5.41) is 14.1. The van der Waals surface area contributed by atoms with Crippen LogP contribution < -0.4 is 5.43 Å². The minimum atomic E-state index is -0.237. The van der Waals surface area contributed by atoms with Gasteiger partial charge in [-0.2, -0.15) is 5.10 Å². The van der Waals surface area contributed by atoms with E-state index >= 15 is 0 Å². The molecule has 2 aromatic heterocycles. The van der Waals surface area contributed by atoms with Crippen LogP contribution in [-0.4, -0.2) is 37.1 Å². The van der Waals surface area contributed by atoms with Gasteiger partial charge in [-0.1, -0.05) is 41.6 Å². The van der Waals surface area contributed by atoms with E-state index in [9.17, 15) is 4.79 Å². The zero-order valence-electron chi connectivity index (χ0n) is 17.1. The summed E-state index contributed by atoms with van der Waals surface area (Å²) in [5.41, 5.74) is 5.96. The van der Waals surface area contributed by atoms with Crippen molar-refractivity contribution in [3.8, 4) is 17.1 Å². The SMILES string of the molecule is C/C(=N\NC(=O)CSc1nnc(-c2ccc(Cl)cc2)n1-c1ccccc1)c1ccncc1. The van der Waals surface area contributed by atoms with E-state index in [1.807, 2.05) is 78.2 Å². The maximum absolute atomic E-state index is 12.4. The molecule has 9 heteroatoms. The molecule has 160 valence electrons. The van der Waals surface area contributed by atoms with Crippen LogP contribution in [0.1, 0.15) is 12.5 Å². The summed E-state index contributed by atoms with van der Waals surface area (Å²) in [6, 6.07) is 20.8. The highest BCUT2D eigenvalue weighted by Crippen LogP contribution is 2.28. The molecule has 0 aliphatic carbocycles. The van der Waals surface area contributed by atoms with E-state index in [4.69, 9.17) is 11.6 Å². The molecule has 0 aliphatic heterocycles. The van der Waals surface area contributed by atoms with E-state index in [0.717, 1.165) is 16.8 Å². The summed E-state index contributed by atoms with van der Waals surface area (Å²) in [4.78, 5) is 16.4. The molecule has 4 aromatic rings. The normalized spacial score (nSPS) is 11.4. The number of hydrazone groups is 1. The van der Waals surface area contributed by atoms with Crippen molar-refractivity contribution in [3.05, 3.63) is 89.7 Å². The summed E-state index contributed by atoms with van der Waals surface area (Å²) < 4.78 is 1.92. The molecule has 0 bridgehead atoms. The molecule has 0 atom stereocenters. The van der Waals surface area contributed by atoms with Crippen molar-refractivity contribution in [2.24, 2.45) is 5.10 Å². The number of carbonyl (C=O) groups excluding carboxylic acids is 1. The van der Waals surface area contributed by atoms with Gasteiger partial charge >= 0.3 is 0 Å². The molecule has 0 aliphatic rings. The standard InChI is InChI=1S/C23H19ClN6OS/c1-16(17-11-13-25-14-12-17)26-27-21(31)15-32-23-29-28-22(18-7-9-19(24)10-8-18)30(23)20-5-3-2-4-6-20/h2-14H,15H2,1H3,(H,27,31)/b26-16+. The molecule has 0 saturated heterocycles. The zero-order valence-corrected chi connectivity index (χ0v) is 18.7. The molecule has 0 fully saturated rings. The van der Waals surface area contributed by atoms with Crippen molar-refractivity contribution in [2.45, 2.75) is 12.1 Å². The summed E-state index contributed by atoms with van der Waals surface area (Å²) in [6.07, 6.45) is 3.36. The smallest absolute Gasteiger partial charge is 0.250 e. The van der Waals surface area contributed by atoms with E-state index in [1.54, 1.807) is 12.4 Å². The molecular weight excluding hydrogens is 444 g/mol. The maximum Gasteiger partial charge on any atom is 0.250 e. The Hall–Kier alpha value is -3.49. The lowest BCUT2D eigenvalue weighted by Gasteiger charge is -2.10. The number of hydrogen-bond donors (Lipinski definition) is 1. The van der Waals surface area contributed by atoms with Gasteiger partial charge in [0.05, 0.1) is 11.5 Å². The number of halogens is 1. The third-order valence-corrected chi connectivity index (χ3v) is 5.71. The van der Waals surface area contributed by atoms with Gasteiger partial charge in [0, 0.05) is 34.2 Å². The van der Waals surface area contributed by atoms with E-state index in [2.05, 4.69) is 25.7 Å². The van der Waals surface area contributed by atoms with Gasteiger partial charge in [-0.25, -0.2) is 5.43 Å². The summed E-state index contributed by atoms with van der Waals surface area (Å²) in [7, 11) is 0. The fourth-order valence-electron chi connectivity index (χ4n) is 2.93. The van der Waals surface area contributed by atoms with Crippen LogP contribution in [-0.2, 0) is 4.79 Å². The number of pyridine rings is 1. The van der Waals surface area contributed by atoms with E-state index < -0.39 is 0 Å². The number of thioether (sulfide) groups is 1. The Balaban J connectivity index is 1.52. The van der Waals surface area contributed by atoms with Gasteiger partial charge in [-0.15, -0.1) is 10.2 Å². The molecule has 0 spiro atoms. The Bertz CT molecular complexity index is 1230. The minimum absolute atomic E-state index is 0.138. The zero-order chi connectivity index (χ0) is 22.3. The van der Waals surface area contributed by atoms with Gasteiger partial charge in [0.15, 0.2) is 11.0 Å². The Morgan fingerprint density at radius 2 is 1.75 bits per heavy atom. The van der Waals surface area contributed by atoms with Crippen LogP contribution in [0.4, 0.5) is 0 Å². The number of nitrogens with one attached hydrogen (secondary N) is 1. The Labute approximate surface area is 194 Å². The first-order valence-corrected chi connectivity index (χ1v) is 11.1. The monoisotopic (exact) mass is 462 g/mol. The average molecular weight is 463 g/mol. The predicted octanol–water partition coefficient (Wildman–Crippen LogP) is 4.62. The number of benzene rings is 2. The molecule has 2 heterocycles. The second kappa shape index (κ2) is 10.2. The highest BCUT2D eigenvalue weighted by Gasteiger charge is 2.17. The minimum Gasteiger partial charge on any atom is -0.272 e. The first kappa shape index (κ1) is 21.7. The predicted molar refractivity (Wildman–Crippen MR) is 127 cm³/mol. The second-order valence-corrected chi connectivity index (χ2v) is 8.12. The van der Waals surface area contributed by atoms with Gasteiger partial charge in [-0.3, -0.25) is 14.3 Å². The Kier molecular flexibility index (Phi) is 6.94. The number of nitrogens with zero attached hydrogens (tertiary/aromatic N) is 5. The van der Waals surface area contributed by atoms with Gasteiger partial charge in [0.2, 0.25) is 0 Å². The Morgan fingerprint density at radius 1 is 1.03 bits per heavy atom. The van der Waals surface area contributed by atoms with Crippen molar-refractivity contribution in [1.29, 1.82) is 0 Å². The number of carbonyl (C=O) groups is 1. The maximum atomic E-state index is 12.4. The quantitative estimate of drug-likeness (QED) is 0.246. The molecule has 1 N–H and O–H groups in total. The van der Waals surface area contributed by atoms with Crippen molar-refractivity contribution in [2.75, 3.05) is 5.75 Å². The van der Waals surface area contributed by atoms with Crippen LogP contribution in [0.3, 0.4) is 0 Å². The molecular formula is C23H19ClN6OS. The number of amides is 1. The number of rotatable bonds is 7. The average Bonchev–Trinajstić information content (AvgIpc) is 3.26. The van der Waals surface area contributed by atoms with E-state index in [-0.39, 0.29) is 11.7 Å². The lowest BCUT2D eigenvalue weighted by molar-refractivity contribution is -0.118. The van der Waals surface area contributed by atoms with Crippen molar-refractivity contribution in [1.82, 2.24) is 25.2 Å². The van der Waals surface area contributed by atoms with Crippen LogP contribution in [0.5, 0.6) is 0 Å². The summed E-state index contributed by atoms with van der Waals surface area (Å²) >= 11 is 7.32. The van der Waals surface area contributed by atoms with Gasteiger partial charge in [0.25, 0.3) is 5.91 Å². The van der Waals surface area contributed by atoms with Crippen LogP contribution in [0.25, 0.3) is 17.1 Å². The molecule has 4 rings (SSSR count). The van der Waals surface area contributed by atoms with Crippen LogP contribution in [0.15, 0.2) is 89.4 Å². The Morgan fingerprint density at radius 3 is 2.47 bits per heavy atom. The highest BCUT2D eigenvalue weighted by molar-refractivity contribution is 7.99. The molecule has 0 radical (unpaired) electrons. The molecule has 7 nitrogen and oxygen atoms in total. The number of para-hydroxylation sites is 1. The van der Waals surface area contributed by atoms with E-state index in [1.165, 1.54) is 11.8 Å². The van der Waals surface area contributed by atoms with Crippen LogP contribution in [0.2, 0.25) is 5.02 Å². The fourth-order valence-corrected chi connectivity index (χ4v) is 3.80. The third-order valence-electron chi connectivity index (χ3n) is 4.53. The van der Waals surface area contributed by atoms with Gasteiger partial charge < -0.3 is 0 Å². The van der Waals surface area contributed by atoms with Crippen LogP contribution >= 0.6 is 23.4 Å². The lowest BCUT2D eigenvalue weighted by atomic mass is 10.2. The topological polar surface area (TPSA) is 85.1 Å². The fraction of sp³-hybridized carbons (Fsp3) is 0.0870. The van der Waals surface area contributed by atoms with Crippen molar-refractivity contribution >= 4 is 35.0 Å². The summed E-state index contributed by atoms with van der Waals surface area (Å²) in [6.45, 7) is 1.83. The van der Waals surface area contributed by atoms with Crippen LogP contribution in [0, 0.1) is 0 Å². The highest BCUT2D eigenvalue weighted by atomic mass is 35.5. The van der Waals surface area contributed by atoms with Gasteiger partial charge in [0.1, 0.15) is 0 Å². The molecule has 0 saturated carbocycles. The second-order valence-electron chi connectivity index (χ2n) is 6.74. The molecule has 2 aromatic carbocycles. The number of hydrogen-bond acceptors (Lipinski definition) is 6. The number of aromatic nitrogens is 4. The molecule has 32 heavy (non-hydrogen) atoms. The van der Waals surface area contributed by atoms with Crippen molar-refractivity contribution in [3.63, 3.8) is 0 Å². The van der Waals surface area contributed by atoms with Crippen molar-refractivity contribution < 1.29 is 4.79 Å². The molecule has 0 unspecified atom stereocenters. The largest absolute Gasteiger partial charge is 0.272 e. The van der Waals surface area contributed by atoms with Gasteiger partial charge in [-0.05, 0) is 55.5 Å². The first-order chi connectivity index (χ1) is 15.6.